The van der Waals surface area contributed by atoms with E-state index >= 15 is 0 Å². The first-order valence-electron chi connectivity index (χ1n) is 5.89. The van der Waals surface area contributed by atoms with Gasteiger partial charge in [0.1, 0.15) is 11.9 Å². The van der Waals surface area contributed by atoms with Crippen molar-refractivity contribution >= 4 is 37.6 Å². The average Bonchev–Trinajstić information content (AvgIpc) is 2.41. The number of carbonyl (C=O) groups excluding carboxylic acids is 1. The second-order valence-corrected chi connectivity index (χ2v) is 6.18. The molecule has 1 heterocycles. The van der Waals surface area contributed by atoms with E-state index in [1.807, 2.05) is 42.5 Å². The molecule has 0 radical (unpaired) electrons. The van der Waals surface area contributed by atoms with Crippen molar-refractivity contribution in [3.63, 3.8) is 0 Å². The monoisotopic (exact) mass is 380 g/mol. The molecule has 0 saturated heterocycles. The lowest BCUT2D eigenvalue weighted by Gasteiger charge is -2.26. The predicted octanol–water partition coefficient (Wildman–Crippen LogP) is 4.92. The molecule has 2 nitrogen and oxygen atoms in total. The van der Waals surface area contributed by atoms with Gasteiger partial charge < -0.3 is 4.74 Å². The van der Waals surface area contributed by atoms with Crippen LogP contribution in [-0.2, 0) is 0 Å². The highest BCUT2D eigenvalue weighted by Gasteiger charge is 2.29. The molecule has 4 heteroatoms. The molecule has 0 amide bonds. The maximum atomic E-state index is 12.3. The second kappa shape index (κ2) is 5.10. The molecule has 19 heavy (non-hydrogen) atoms. The zero-order valence-corrected chi connectivity index (χ0v) is 13.1. The maximum absolute atomic E-state index is 12.3. The normalized spacial score (nSPS) is 17.8. The smallest absolute Gasteiger partial charge is 0.170 e. The number of rotatable bonds is 1. The quantitative estimate of drug-likeness (QED) is 0.700. The fourth-order valence-electron chi connectivity index (χ4n) is 2.20. The Balaban J connectivity index is 2.03. The number of ketones is 1. The Morgan fingerprint density at radius 3 is 2.58 bits per heavy atom. The van der Waals surface area contributed by atoms with E-state index in [9.17, 15) is 4.79 Å². The molecule has 0 saturated carbocycles. The first kappa shape index (κ1) is 12.9. The first-order valence-corrected chi connectivity index (χ1v) is 7.47. The van der Waals surface area contributed by atoms with Gasteiger partial charge in [-0.25, -0.2) is 0 Å². The van der Waals surface area contributed by atoms with Gasteiger partial charge in [0.15, 0.2) is 5.78 Å². The number of benzene rings is 2. The third-order valence-electron chi connectivity index (χ3n) is 3.11. The summed E-state index contributed by atoms with van der Waals surface area (Å²) < 4.78 is 7.65. The van der Waals surface area contributed by atoms with Crippen molar-refractivity contribution in [3.8, 4) is 5.75 Å². The molecule has 0 spiro atoms. The summed E-state index contributed by atoms with van der Waals surface area (Å²) in [7, 11) is 0. The highest BCUT2D eigenvalue weighted by atomic mass is 79.9. The number of hydrogen-bond donors (Lipinski definition) is 0. The van der Waals surface area contributed by atoms with Crippen LogP contribution in [0.1, 0.15) is 28.4 Å². The van der Waals surface area contributed by atoms with Gasteiger partial charge in [-0.1, -0.05) is 46.3 Å². The van der Waals surface area contributed by atoms with E-state index in [-0.39, 0.29) is 11.9 Å². The van der Waals surface area contributed by atoms with Gasteiger partial charge in [0.05, 0.1) is 16.5 Å². The van der Waals surface area contributed by atoms with Gasteiger partial charge in [0.2, 0.25) is 0 Å². The van der Waals surface area contributed by atoms with Crippen LogP contribution >= 0.6 is 31.9 Å². The van der Waals surface area contributed by atoms with Crippen molar-refractivity contribution in [2.45, 2.75) is 12.5 Å². The van der Waals surface area contributed by atoms with Crippen molar-refractivity contribution in [3.05, 3.63) is 62.5 Å². The minimum atomic E-state index is -0.210. The largest absolute Gasteiger partial charge is 0.483 e. The number of ether oxygens (including phenoxy) is 1. The van der Waals surface area contributed by atoms with Gasteiger partial charge in [-0.3, -0.25) is 4.79 Å². The minimum Gasteiger partial charge on any atom is -0.483 e. The van der Waals surface area contributed by atoms with E-state index in [0.29, 0.717) is 17.7 Å². The molecule has 0 aliphatic carbocycles. The lowest BCUT2D eigenvalue weighted by atomic mass is 9.96. The summed E-state index contributed by atoms with van der Waals surface area (Å²) in [6, 6.07) is 13.5. The molecule has 1 aliphatic heterocycles. The first-order chi connectivity index (χ1) is 9.15. The highest BCUT2D eigenvalue weighted by molar-refractivity contribution is 9.11. The van der Waals surface area contributed by atoms with Crippen LogP contribution in [0.25, 0.3) is 0 Å². The van der Waals surface area contributed by atoms with Crippen molar-refractivity contribution in [2.75, 3.05) is 0 Å². The Morgan fingerprint density at radius 1 is 1.11 bits per heavy atom. The zero-order chi connectivity index (χ0) is 13.4. The Morgan fingerprint density at radius 2 is 1.84 bits per heavy atom. The standard InChI is InChI=1S/C15H10Br2O2/c16-10-6-11-13(18)8-14(9-4-2-1-3-5-9)19-15(11)12(17)7-10/h1-7,14H,8H2/t14-/m1/s1. The maximum Gasteiger partial charge on any atom is 0.170 e. The average molecular weight is 382 g/mol. The fourth-order valence-corrected chi connectivity index (χ4v) is 3.52. The Bertz CT molecular complexity index is 638. The summed E-state index contributed by atoms with van der Waals surface area (Å²) in [5.74, 6) is 0.741. The lowest BCUT2D eigenvalue weighted by Crippen LogP contribution is -2.20. The molecular weight excluding hydrogens is 372 g/mol. The highest BCUT2D eigenvalue weighted by Crippen LogP contribution is 2.41. The summed E-state index contributed by atoms with van der Waals surface area (Å²) in [5.41, 5.74) is 1.66. The van der Waals surface area contributed by atoms with Crippen LogP contribution in [0, 0.1) is 0 Å². The van der Waals surface area contributed by atoms with Crippen molar-refractivity contribution in [2.24, 2.45) is 0 Å². The summed E-state index contributed by atoms with van der Waals surface area (Å²) in [6.45, 7) is 0. The fraction of sp³-hybridized carbons (Fsp3) is 0.133. The van der Waals surface area contributed by atoms with E-state index in [1.165, 1.54) is 0 Å². The number of fused-ring (bicyclic) bond motifs is 1. The molecule has 2 aromatic rings. The van der Waals surface area contributed by atoms with E-state index in [2.05, 4.69) is 31.9 Å². The van der Waals surface area contributed by atoms with Crippen LogP contribution in [0.3, 0.4) is 0 Å². The summed E-state index contributed by atoms with van der Waals surface area (Å²) in [4.78, 5) is 12.3. The van der Waals surface area contributed by atoms with E-state index in [1.54, 1.807) is 0 Å². The molecule has 1 aliphatic rings. The van der Waals surface area contributed by atoms with Gasteiger partial charge in [-0.2, -0.15) is 0 Å². The Labute approximate surface area is 128 Å². The van der Waals surface area contributed by atoms with E-state index in [4.69, 9.17) is 4.74 Å². The molecular formula is C15H10Br2O2. The topological polar surface area (TPSA) is 26.3 Å². The van der Waals surface area contributed by atoms with Gasteiger partial charge in [0.25, 0.3) is 0 Å². The van der Waals surface area contributed by atoms with Gasteiger partial charge in [-0.05, 0) is 33.6 Å². The van der Waals surface area contributed by atoms with Crippen LogP contribution in [-0.4, -0.2) is 5.78 Å². The van der Waals surface area contributed by atoms with Gasteiger partial charge in [-0.15, -0.1) is 0 Å². The zero-order valence-electron chi connectivity index (χ0n) is 9.90. The molecule has 96 valence electrons. The summed E-state index contributed by atoms with van der Waals surface area (Å²) >= 11 is 6.84. The summed E-state index contributed by atoms with van der Waals surface area (Å²) in [5, 5.41) is 0. The summed E-state index contributed by atoms with van der Waals surface area (Å²) in [6.07, 6.45) is 0.165. The molecule has 0 unspecified atom stereocenters. The Kier molecular flexibility index (Phi) is 3.46. The van der Waals surface area contributed by atoms with Crippen molar-refractivity contribution < 1.29 is 9.53 Å². The van der Waals surface area contributed by atoms with E-state index < -0.39 is 0 Å². The van der Waals surface area contributed by atoms with Crippen LogP contribution in [0.5, 0.6) is 5.75 Å². The van der Waals surface area contributed by atoms with Crippen LogP contribution in [0.4, 0.5) is 0 Å². The van der Waals surface area contributed by atoms with Crippen molar-refractivity contribution in [1.82, 2.24) is 0 Å². The minimum absolute atomic E-state index is 0.108. The second-order valence-electron chi connectivity index (χ2n) is 4.41. The lowest BCUT2D eigenvalue weighted by molar-refractivity contribution is 0.0848. The number of carbonyl (C=O) groups is 1. The molecule has 0 fully saturated rings. The third kappa shape index (κ3) is 2.47. The predicted molar refractivity (Wildman–Crippen MR) is 80.6 cm³/mol. The third-order valence-corrected chi connectivity index (χ3v) is 4.16. The molecule has 3 rings (SSSR count). The molecule has 1 atom stereocenters. The van der Waals surface area contributed by atoms with E-state index in [0.717, 1.165) is 14.5 Å². The molecule has 0 N–H and O–H groups in total. The Hall–Kier alpha value is -1.13. The SMILES string of the molecule is O=C1C[C@H](c2ccccc2)Oc2c(Br)cc(Br)cc21. The molecule has 0 aromatic heterocycles. The number of Topliss-reactive ketones (excluding diaryl/α,β-unsaturated/α-hetero) is 1. The number of halogens is 2. The van der Waals surface area contributed by atoms with Gasteiger partial charge in [0, 0.05) is 4.47 Å². The molecule has 2 aromatic carbocycles. The van der Waals surface area contributed by atoms with Gasteiger partial charge >= 0.3 is 0 Å². The van der Waals surface area contributed by atoms with Crippen LogP contribution in [0.15, 0.2) is 51.4 Å². The van der Waals surface area contributed by atoms with Crippen LogP contribution < -0.4 is 4.74 Å². The van der Waals surface area contributed by atoms with Crippen LogP contribution in [0.2, 0.25) is 0 Å². The molecule has 0 bridgehead atoms. The number of hydrogen-bond acceptors (Lipinski definition) is 2. The van der Waals surface area contributed by atoms with Crippen molar-refractivity contribution in [1.29, 1.82) is 0 Å².